The molecule has 0 radical (unpaired) electrons. The highest BCUT2D eigenvalue weighted by Crippen LogP contribution is 2.32. The van der Waals surface area contributed by atoms with E-state index in [1.165, 1.54) is 11.3 Å². The van der Waals surface area contributed by atoms with Crippen LogP contribution in [0.25, 0.3) is 0 Å². The molecular formula is C9H11BrClNOS. The zero-order valence-electron chi connectivity index (χ0n) is 7.72. The molecule has 5 heteroatoms. The molecule has 1 aromatic heterocycles. The fourth-order valence-corrected chi connectivity index (χ4v) is 3.00. The molecule has 0 fully saturated rings. The number of carbonyl (C=O) groups excluding carboxylic acids is 1. The molecule has 1 N–H and O–H groups in total. The van der Waals surface area contributed by atoms with E-state index in [1.54, 1.807) is 0 Å². The number of thiophene rings is 1. The van der Waals surface area contributed by atoms with Gasteiger partial charge in [-0.3, -0.25) is 4.79 Å². The van der Waals surface area contributed by atoms with Gasteiger partial charge in [0, 0.05) is 15.9 Å². The molecule has 2 nitrogen and oxygen atoms in total. The Hall–Kier alpha value is -0.0600. The number of hydrogen-bond donors (Lipinski definition) is 1. The standard InChI is InChI=1S/C9H11BrClNOS/c1-2-4-12-9(13)7(11)8-6(10)3-5-14-8/h3,5,7H,2,4H2,1H3,(H,12,13). The second-order valence-corrected chi connectivity index (χ2v) is 5.02. The van der Waals surface area contributed by atoms with E-state index in [0.29, 0.717) is 6.54 Å². The van der Waals surface area contributed by atoms with Crippen LogP contribution in [0, 0.1) is 0 Å². The first kappa shape index (κ1) is 12.0. The van der Waals surface area contributed by atoms with E-state index in [2.05, 4.69) is 21.2 Å². The van der Waals surface area contributed by atoms with Crippen LogP contribution in [0.1, 0.15) is 23.6 Å². The lowest BCUT2D eigenvalue weighted by Gasteiger charge is -2.08. The van der Waals surface area contributed by atoms with E-state index < -0.39 is 5.38 Å². The van der Waals surface area contributed by atoms with Crippen molar-refractivity contribution in [3.8, 4) is 0 Å². The molecule has 0 aliphatic carbocycles. The summed E-state index contributed by atoms with van der Waals surface area (Å²) in [5.74, 6) is -0.128. The van der Waals surface area contributed by atoms with Gasteiger partial charge in [0.1, 0.15) is 5.38 Å². The van der Waals surface area contributed by atoms with E-state index in [9.17, 15) is 4.79 Å². The van der Waals surface area contributed by atoms with Crippen molar-refractivity contribution in [2.75, 3.05) is 6.54 Å². The van der Waals surface area contributed by atoms with Gasteiger partial charge in [-0.25, -0.2) is 0 Å². The van der Waals surface area contributed by atoms with Crippen molar-refractivity contribution in [2.45, 2.75) is 18.7 Å². The zero-order chi connectivity index (χ0) is 10.6. The summed E-state index contributed by atoms with van der Waals surface area (Å²) in [5, 5.41) is 4.08. The predicted octanol–water partition coefficient (Wildman–Crippen LogP) is 3.32. The van der Waals surface area contributed by atoms with Gasteiger partial charge in [-0.2, -0.15) is 0 Å². The molecule has 14 heavy (non-hydrogen) atoms. The Morgan fingerprint density at radius 3 is 3.00 bits per heavy atom. The molecule has 0 bridgehead atoms. The Morgan fingerprint density at radius 2 is 2.50 bits per heavy atom. The fraction of sp³-hybridized carbons (Fsp3) is 0.444. The van der Waals surface area contributed by atoms with Crippen LogP contribution in [0.3, 0.4) is 0 Å². The largest absolute Gasteiger partial charge is 0.355 e. The van der Waals surface area contributed by atoms with E-state index in [0.717, 1.165) is 15.8 Å². The highest BCUT2D eigenvalue weighted by molar-refractivity contribution is 9.10. The number of nitrogens with one attached hydrogen (secondary N) is 1. The third-order valence-corrected chi connectivity index (χ3v) is 4.14. The molecule has 0 saturated carbocycles. The molecule has 0 spiro atoms. The second-order valence-electron chi connectivity index (χ2n) is 2.79. The maximum Gasteiger partial charge on any atom is 0.243 e. The number of rotatable bonds is 4. The average Bonchev–Trinajstić information content (AvgIpc) is 2.59. The molecule has 1 heterocycles. The van der Waals surface area contributed by atoms with Crippen LogP contribution >= 0.6 is 38.9 Å². The summed E-state index contributed by atoms with van der Waals surface area (Å²) in [4.78, 5) is 12.4. The van der Waals surface area contributed by atoms with Crippen LogP contribution in [-0.4, -0.2) is 12.5 Å². The van der Waals surface area contributed by atoms with Crippen LogP contribution in [0.5, 0.6) is 0 Å². The first-order valence-corrected chi connectivity index (χ1v) is 6.42. The van der Waals surface area contributed by atoms with Crippen molar-refractivity contribution >= 4 is 44.8 Å². The number of hydrogen-bond acceptors (Lipinski definition) is 2. The summed E-state index contributed by atoms with van der Waals surface area (Å²) in [6.07, 6.45) is 0.918. The van der Waals surface area contributed by atoms with Crippen molar-refractivity contribution in [2.24, 2.45) is 0 Å². The van der Waals surface area contributed by atoms with Gasteiger partial charge in [-0.15, -0.1) is 22.9 Å². The smallest absolute Gasteiger partial charge is 0.243 e. The molecule has 1 unspecified atom stereocenters. The highest BCUT2D eigenvalue weighted by atomic mass is 79.9. The Morgan fingerprint density at radius 1 is 1.79 bits per heavy atom. The van der Waals surface area contributed by atoms with E-state index in [4.69, 9.17) is 11.6 Å². The normalized spacial score (nSPS) is 12.5. The summed E-state index contributed by atoms with van der Waals surface area (Å²) in [6.45, 7) is 2.68. The summed E-state index contributed by atoms with van der Waals surface area (Å²) in [6, 6.07) is 1.89. The van der Waals surface area contributed by atoms with Crippen molar-refractivity contribution in [1.82, 2.24) is 5.32 Å². The van der Waals surface area contributed by atoms with Gasteiger partial charge >= 0.3 is 0 Å². The topological polar surface area (TPSA) is 29.1 Å². The van der Waals surface area contributed by atoms with Crippen LogP contribution in [0.15, 0.2) is 15.9 Å². The maximum atomic E-state index is 11.5. The Balaban J connectivity index is 2.61. The molecule has 0 aromatic carbocycles. The molecule has 1 rings (SSSR count). The number of carbonyl (C=O) groups is 1. The van der Waals surface area contributed by atoms with E-state index in [-0.39, 0.29) is 5.91 Å². The molecule has 1 amide bonds. The van der Waals surface area contributed by atoms with E-state index in [1.807, 2.05) is 18.4 Å². The molecule has 0 aliphatic heterocycles. The van der Waals surface area contributed by atoms with Crippen molar-refractivity contribution < 1.29 is 4.79 Å². The molecule has 78 valence electrons. The third-order valence-electron chi connectivity index (χ3n) is 1.65. The average molecular weight is 297 g/mol. The van der Waals surface area contributed by atoms with Gasteiger partial charge in [0.05, 0.1) is 0 Å². The molecular weight excluding hydrogens is 286 g/mol. The predicted molar refractivity (Wildman–Crippen MR) is 63.9 cm³/mol. The van der Waals surface area contributed by atoms with Gasteiger partial charge in [-0.05, 0) is 33.8 Å². The minimum atomic E-state index is -0.587. The summed E-state index contributed by atoms with van der Waals surface area (Å²) < 4.78 is 0.897. The minimum absolute atomic E-state index is 0.128. The summed E-state index contributed by atoms with van der Waals surface area (Å²) in [5.41, 5.74) is 0. The SMILES string of the molecule is CCCNC(=O)C(Cl)c1sccc1Br. The lowest BCUT2D eigenvalue weighted by Crippen LogP contribution is -2.27. The van der Waals surface area contributed by atoms with Gasteiger partial charge in [-0.1, -0.05) is 6.92 Å². The van der Waals surface area contributed by atoms with E-state index >= 15 is 0 Å². The van der Waals surface area contributed by atoms with Crippen LogP contribution in [0.2, 0.25) is 0 Å². The highest BCUT2D eigenvalue weighted by Gasteiger charge is 2.20. The Labute approximate surface area is 101 Å². The molecule has 0 saturated heterocycles. The fourth-order valence-electron chi connectivity index (χ4n) is 0.943. The third kappa shape index (κ3) is 2.97. The number of amides is 1. The van der Waals surface area contributed by atoms with Crippen LogP contribution in [-0.2, 0) is 4.79 Å². The van der Waals surface area contributed by atoms with Gasteiger partial charge < -0.3 is 5.32 Å². The van der Waals surface area contributed by atoms with Gasteiger partial charge in [0.25, 0.3) is 0 Å². The van der Waals surface area contributed by atoms with Crippen molar-refractivity contribution in [3.63, 3.8) is 0 Å². The minimum Gasteiger partial charge on any atom is -0.355 e. The summed E-state index contributed by atoms with van der Waals surface area (Å²) >= 11 is 10.8. The quantitative estimate of drug-likeness (QED) is 0.849. The van der Waals surface area contributed by atoms with Crippen LogP contribution in [0.4, 0.5) is 0 Å². The first-order chi connectivity index (χ1) is 6.66. The first-order valence-electron chi connectivity index (χ1n) is 4.31. The molecule has 0 aliphatic rings. The monoisotopic (exact) mass is 295 g/mol. The van der Waals surface area contributed by atoms with Gasteiger partial charge in [0.15, 0.2) is 0 Å². The number of alkyl halides is 1. The van der Waals surface area contributed by atoms with Crippen molar-refractivity contribution in [3.05, 3.63) is 20.8 Å². The lowest BCUT2D eigenvalue weighted by molar-refractivity contribution is -0.120. The lowest BCUT2D eigenvalue weighted by atomic mass is 10.3. The Kier molecular flexibility index (Phi) is 4.92. The van der Waals surface area contributed by atoms with Crippen LogP contribution < -0.4 is 5.32 Å². The maximum absolute atomic E-state index is 11.5. The zero-order valence-corrected chi connectivity index (χ0v) is 10.9. The molecule has 1 atom stereocenters. The molecule has 1 aromatic rings. The van der Waals surface area contributed by atoms with Gasteiger partial charge in [0.2, 0.25) is 5.91 Å². The second kappa shape index (κ2) is 5.73. The summed E-state index contributed by atoms with van der Waals surface area (Å²) in [7, 11) is 0. The number of halogens is 2. The van der Waals surface area contributed by atoms with Crippen molar-refractivity contribution in [1.29, 1.82) is 0 Å². The Bertz CT molecular complexity index is 316.